The highest BCUT2D eigenvalue weighted by Crippen LogP contribution is 2.02. The van der Waals surface area contributed by atoms with Crippen LogP contribution in [-0.2, 0) is 6.54 Å². The molecule has 2 heterocycles. The van der Waals surface area contributed by atoms with Gasteiger partial charge in [0.1, 0.15) is 5.82 Å². The van der Waals surface area contributed by atoms with Crippen molar-refractivity contribution in [1.29, 1.82) is 0 Å². The van der Waals surface area contributed by atoms with Gasteiger partial charge in [-0.3, -0.25) is 14.4 Å². The van der Waals surface area contributed by atoms with Gasteiger partial charge in [0, 0.05) is 6.54 Å². The van der Waals surface area contributed by atoms with Crippen molar-refractivity contribution < 1.29 is 4.39 Å². The molecule has 1 aromatic carbocycles. The zero-order chi connectivity index (χ0) is 11.8. The van der Waals surface area contributed by atoms with E-state index in [0.717, 1.165) is 10.4 Å². The van der Waals surface area contributed by atoms with Gasteiger partial charge in [-0.05, 0) is 23.8 Å². The highest BCUT2D eigenvalue weighted by Gasteiger charge is 2.09. The van der Waals surface area contributed by atoms with Crippen molar-refractivity contribution >= 4 is 17.4 Å². The topological polar surface area (TPSA) is 34.4 Å². The van der Waals surface area contributed by atoms with Crippen LogP contribution >= 0.6 is 11.3 Å². The minimum absolute atomic E-state index is 0.00410. The van der Waals surface area contributed by atoms with E-state index >= 15 is 0 Å². The summed E-state index contributed by atoms with van der Waals surface area (Å²) in [5.74, 6) is -0.275. The van der Waals surface area contributed by atoms with Gasteiger partial charge in [0.25, 0.3) is 5.56 Å². The minimum atomic E-state index is -0.275. The lowest BCUT2D eigenvalue weighted by atomic mass is 10.2. The fraction of sp³-hybridized carbons (Fsp3) is 0.167. The molecule has 86 valence electrons. The highest BCUT2D eigenvalue weighted by molar-refractivity contribution is 7.07. The van der Waals surface area contributed by atoms with Crippen molar-refractivity contribution in [2.45, 2.75) is 6.54 Å². The molecule has 2 aromatic rings. The Morgan fingerprint density at radius 1 is 1.35 bits per heavy atom. The summed E-state index contributed by atoms with van der Waals surface area (Å²) in [4.78, 5) is 17.0. The molecular formula is C12H9FN2OS. The van der Waals surface area contributed by atoms with Crippen LogP contribution in [0.15, 0.2) is 34.1 Å². The van der Waals surface area contributed by atoms with Crippen molar-refractivity contribution in [3.63, 3.8) is 0 Å². The van der Waals surface area contributed by atoms with Gasteiger partial charge in [0.05, 0.1) is 11.1 Å². The smallest absolute Gasteiger partial charge is 0.270 e. The molecule has 5 heteroatoms. The van der Waals surface area contributed by atoms with Gasteiger partial charge >= 0.3 is 0 Å². The van der Waals surface area contributed by atoms with Gasteiger partial charge < -0.3 is 0 Å². The van der Waals surface area contributed by atoms with E-state index in [4.69, 9.17) is 0 Å². The number of thiazole rings is 1. The summed E-state index contributed by atoms with van der Waals surface area (Å²) in [7, 11) is 0. The van der Waals surface area contributed by atoms with E-state index in [1.807, 2.05) is 0 Å². The molecule has 0 fully saturated rings. The molecular weight excluding hydrogens is 239 g/mol. The van der Waals surface area contributed by atoms with E-state index in [0.29, 0.717) is 17.6 Å². The Balaban J connectivity index is 2.17. The lowest BCUT2D eigenvalue weighted by Gasteiger charge is -1.91. The Kier molecular flexibility index (Phi) is 2.40. The number of fused-ring (bicyclic) bond motifs is 1. The van der Waals surface area contributed by atoms with E-state index in [9.17, 15) is 9.18 Å². The molecule has 0 spiro atoms. The van der Waals surface area contributed by atoms with Crippen molar-refractivity contribution in [1.82, 2.24) is 4.57 Å². The summed E-state index contributed by atoms with van der Waals surface area (Å²) >= 11 is 1.38. The summed E-state index contributed by atoms with van der Waals surface area (Å²) in [6.45, 7) is 1.36. The first-order valence-electron chi connectivity index (χ1n) is 5.25. The van der Waals surface area contributed by atoms with E-state index in [1.165, 1.54) is 23.5 Å². The molecule has 1 aliphatic heterocycles. The molecule has 0 aliphatic carbocycles. The number of rotatable bonds is 1. The summed E-state index contributed by atoms with van der Waals surface area (Å²) in [5, 5.41) is 0. The van der Waals surface area contributed by atoms with Gasteiger partial charge in [0.2, 0.25) is 0 Å². The molecule has 0 atom stereocenters. The van der Waals surface area contributed by atoms with E-state index in [2.05, 4.69) is 4.99 Å². The predicted octanol–water partition coefficient (Wildman–Crippen LogP) is 0.511. The zero-order valence-corrected chi connectivity index (χ0v) is 9.71. The quantitative estimate of drug-likeness (QED) is 0.724. The van der Waals surface area contributed by atoms with Crippen LogP contribution in [0.25, 0.3) is 6.08 Å². The van der Waals surface area contributed by atoms with Gasteiger partial charge in [-0.15, -0.1) is 0 Å². The summed E-state index contributed by atoms with van der Waals surface area (Å²) < 4.78 is 15.1. The molecule has 0 unspecified atom stereocenters. The second kappa shape index (κ2) is 3.92. The zero-order valence-electron chi connectivity index (χ0n) is 8.89. The van der Waals surface area contributed by atoms with Crippen LogP contribution in [0.5, 0.6) is 0 Å². The predicted molar refractivity (Wildman–Crippen MR) is 64.2 cm³/mol. The van der Waals surface area contributed by atoms with Crippen molar-refractivity contribution in [3.8, 4) is 0 Å². The second-order valence-corrected chi connectivity index (χ2v) is 4.79. The fourth-order valence-corrected chi connectivity index (χ4v) is 2.81. The Bertz CT molecular complexity index is 727. The third kappa shape index (κ3) is 1.82. The van der Waals surface area contributed by atoms with E-state index in [-0.39, 0.29) is 11.4 Å². The highest BCUT2D eigenvalue weighted by atomic mass is 32.1. The molecule has 0 saturated heterocycles. The number of benzene rings is 1. The molecule has 0 amide bonds. The van der Waals surface area contributed by atoms with Gasteiger partial charge in [-0.25, -0.2) is 4.39 Å². The average molecular weight is 248 g/mol. The second-order valence-electron chi connectivity index (χ2n) is 3.78. The van der Waals surface area contributed by atoms with Crippen LogP contribution < -0.4 is 14.9 Å². The maximum atomic E-state index is 12.7. The average Bonchev–Trinajstić information content (AvgIpc) is 2.87. The van der Waals surface area contributed by atoms with Gasteiger partial charge in [-0.1, -0.05) is 23.5 Å². The van der Waals surface area contributed by atoms with Crippen LogP contribution in [0.1, 0.15) is 5.56 Å². The molecule has 3 nitrogen and oxygen atoms in total. The molecule has 0 N–H and O–H groups in total. The Morgan fingerprint density at radius 3 is 2.82 bits per heavy atom. The van der Waals surface area contributed by atoms with E-state index in [1.54, 1.807) is 22.8 Å². The van der Waals surface area contributed by atoms with Gasteiger partial charge in [0.15, 0.2) is 4.80 Å². The van der Waals surface area contributed by atoms with Crippen LogP contribution in [0.4, 0.5) is 4.39 Å². The largest absolute Gasteiger partial charge is 0.282 e. The number of hydrogen-bond acceptors (Lipinski definition) is 3. The fourth-order valence-electron chi connectivity index (χ4n) is 1.78. The third-order valence-corrected chi connectivity index (χ3v) is 3.67. The van der Waals surface area contributed by atoms with E-state index < -0.39 is 0 Å². The first-order chi connectivity index (χ1) is 8.24. The molecule has 0 saturated carbocycles. The molecule has 17 heavy (non-hydrogen) atoms. The monoisotopic (exact) mass is 248 g/mol. The van der Waals surface area contributed by atoms with Crippen LogP contribution in [0.3, 0.4) is 0 Å². The van der Waals surface area contributed by atoms with Crippen molar-refractivity contribution in [2.24, 2.45) is 4.99 Å². The summed E-state index contributed by atoms with van der Waals surface area (Å²) in [6, 6.07) is 6.08. The lowest BCUT2D eigenvalue weighted by Crippen LogP contribution is -2.29. The molecule has 0 bridgehead atoms. The maximum absolute atomic E-state index is 12.7. The SMILES string of the molecule is O=c1c(=Cc2ccc(F)cc2)sc2n1CCN=2. The first-order valence-corrected chi connectivity index (χ1v) is 6.07. The number of halogens is 1. The van der Waals surface area contributed by atoms with Crippen LogP contribution in [0, 0.1) is 5.82 Å². The Morgan fingerprint density at radius 2 is 2.12 bits per heavy atom. The minimum Gasteiger partial charge on any atom is -0.282 e. The van der Waals surface area contributed by atoms with Crippen molar-refractivity contribution in [2.75, 3.05) is 6.54 Å². The number of nitrogens with zero attached hydrogens (tertiary/aromatic N) is 2. The summed E-state index contributed by atoms with van der Waals surface area (Å²) in [5.41, 5.74) is 0.819. The molecule has 3 rings (SSSR count). The third-order valence-electron chi connectivity index (χ3n) is 2.63. The van der Waals surface area contributed by atoms with Crippen LogP contribution in [-0.4, -0.2) is 11.1 Å². The molecule has 0 radical (unpaired) electrons. The van der Waals surface area contributed by atoms with Gasteiger partial charge in [-0.2, -0.15) is 0 Å². The lowest BCUT2D eigenvalue weighted by molar-refractivity contribution is 0.628. The molecule has 1 aliphatic rings. The van der Waals surface area contributed by atoms with Crippen LogP contribution in [0.2, 0.25) is 0 Å². The Hall–Kier alpha value is -1.75. The number of aromatic nitrogens is 1. The number of hydrogen-bond donors (Lipinski definition) is 0. The normalized spacial score (nSPS) is 14.8. The standard InChI is InChI=1S/C12H9FN2OS/c13-9-3-1-8(2-4-9)7-10-11(16)15-6-5-14-12(15)17-10/h1-4,7H,5-6H2. The first kappa shape index (κ1) is 10.4. The molecule has 1 aromatic heterocycles. The maximum Gasteiger partial charge on any atom is 0.270 e. The van der Waals surface area contributed by atoms with Crippen molar-refractivity contribution in [3.05, 3.63) is 55.3 Å². The Labute approximate surface area is 100 Å². The summed E-state index contributed by atoms with van der Waals surface area (Å²) in [6.07, 6.45) is 1.77.